The van der Waals surface area contributed by atoms with E-state index in [0.717, 1.165) is 36.2 Å². The zero-order valence-corrected chi connectivity index (χ0v) is 17.1. The van der Waals surface area contributed by atoms with Crippen LogP contribution in [0.2, 0.25) is 0 Å². The molecule has 1 aliphatic rings. The number of carbonyl (C=O) groups excluding carboxylic acids is 1. The summed E-state index contributed by atoms with van der Waals surface area (Å²) >= 11 is 0. The van der Waals surface area contributed by atoms with Crippen molar-refractivity contribution in [3.8, 4) is 0 Å². The van der Waals surface area contributed by atoms with Gasteiger partial charge in [0.1, 0.15) is 0 Å². The van der Waals surface area contributed by atoms with Crippen molar-refractivity contribution in [2.24, 2.45) is 7.05 Å². The van der Waals surface area contributed by atoms with Gasteiger partial charge >= 0.3 is 0 Å². The molecule has 1 N–H and O–H groups in total. The normalized spacial score (nSPS) is 17.5. The van der Waals surface area contributed by atoms with Crippen molar-refractivity contribution in [3.63, 3.8) is 0 Å². The number of nitrogens with one attached hydrogen (secondary N) is 1. The molecule has 1 atom stereocenters. The van der Waals surface area contributed by atoms with Gasteiger partial charge in [-0.05, 0) is 58.1 Å². The maximum absolute atomic E-state index is 13.4. The van der Waals surface area contributed by atoms with Gasteiger partial charge in [0, 0.05) is 32.0 Å². The summed E-state index contributed by atoms with van der Waals surface area (Å²) in [5, 5.41) is 7.78. The molecule has 5 heteroatoms. The fraction of sp³-hybridized carbons (Fsp3) is 0.545. The van der Waals surface area contributed by atoms with Crippen LogP contribution >= 0.6 is 0 Å². The lowest BCUT2D eigenvalue weighted by Gasteiger charge is -2.37. The van der Waals surface area contributed by atoms with Gasteiger partial charge in [-0.25, -0.2) is 0 Å². The Morgan fingerprint density at radius 1 is 1.30 bits per heavy atom. The molecule has 2 heterocycles. The van der Waals surface area contributed by atoms with Gasteiger partial charge in [0.15, 0.2) is 0 Å². The van der Waals surface area contributed by atoms with Crippen molar-refractivity contribution in [1.29, 1.82) is 0 Å². The summed E-state index contributed by atoms with van der Waals surface area (Å²) in [6.07, 6.45) is 2.23. The van der Waals surface area contributed by atoms with Crippen molar-refractivity contribution < 1.29 is 9.53 Å². The zero-order chi connectivity index (χ0) is 19.6. The van der Waals surface area contributed by atoms with E-state index >= 15 is 0 Å². The second-order valence-electron chi connectivity index (χ2n) is 7.92. The highest BCUT2D eigenvalue weighted by molar-refractivity contribution is 5.88. The van der Waals surface area contributed by atoms with Crippen LogP contribution in [-0.4, -0.2) is 34.9 Å². The van der Waals surface area contributed by atoms with Gasteiger partial charge in [-0.15, -0.1) is 0 Å². The molecule has 1 unspecified atom stereocenters. The summed E-state index contributed by atoms with van der Waals surface area (Å²) in [5.41, 5.74) is 5.20. The molecule has 1 aliphatic heterocycles. The molecule has 0 saturated carbocycles. The predicted octanol–water partition coefficient (Wildman–Crippen LogP) is 3.14. The maximum Gasteiger partial charge on any atom is 0.231 e. The quantitative estimate of drug-likeness (QED) is 0.881. The first-order valence-corrected chi connectivity index (χ1v) is 9.78. The third-order valence-electron chi connectivity index (χ3n) is 5.90. The number of hydrogen-bond acceptors (Lipinski definition) is 3. The Balaban J connectivity index is 1.80. The van der Waals surface area contributed by atoms with Crippen molar-refractivity contribution >= 4 is 5.91 Å². The number of nitrogens with zero attached hydrogens (tertiary/aromatic N) is 2. The van der Waals surface area contributed by atoms with E-state index in [1.807, 2.05) is 24.7 Å². The van der Waals surface area contributed by atoms with Crippen LogP contribution in [0.5, 0.6) is 0 Å². The number of aryl methyl sites for hydroxylation is 3. The van der Waals surface area contributed by atoms with Crippen molar-refractivity contribution in [3.05, 3.63) is 52.3 Å². The molecule has 2 aromatic rings. The Kier molecular flexibility index (Phi) is 5.70. The number of ether oxygens (including phenoxy) is 1. The molecule has 5 nitrogen and oxygen atoms in total. The highest BCUT2D eigenvalue weighted by atomic mass is 16.5. The van der Waals surface area contributed by atoms with E-state index in [0.29, 0.717) is 13.2 Å². The lowest BCUT2D eigenvalue weighted by Crippen LogP contribution is -2.50. The van der Waals surface area contributed by atoms with Crippen LogP contribution in [0.4, 0.5) is 0 Å². The minimum Gasteiger partial charge on any atom is -0.381 e. The Morgan fingerprint density at radius 3 is 2.59 bits per heavy atom. The van der Waals surface area contributed by atoms with Crippen molar-refractivity contribution in [2.45, 2.75) is 58.4 Å². The molecular formula is C22H31N3O2. The van der Waals surface area contributed by atoms with Gasteiger partial charge < -0.3 is 10.1 Å². The van der Waals surface area contributed by atoms with Gasteiger partial charge in [-0.2, -0.15) is 5.10 Å². The molecule has 1 amide bonds. The average Bonchev–Trinajstić information content (AvgIpc) is 2.88. The van der Waals surface area contributed by atoms with Crippen molar-refractivity contribution in [2.75, 3.05) is 13.2 Å². The Morgan fingerprint density at radius 2 is 2.00 bits per heavy atom. The fourth-order valence-corrected chi connectivity index (χ4v) is 4.14. The molecule has 1 aromatic carbocycles. The molecular weight excluding hydrogens is 338 g/mol. The number of rotatable bonds is 5. The maximum atomic E-state index is 13.4. The van der Waals surface area contributed by atoms with Gasteiger partial charge in [-0.3, -0.25) is 9.48 Å². The zero-order valence-electron chi connectivity index (χ0n) is 17.1. The number of aromatic nitrogens is 2. The summed E-state index contributed by atoms with van der Waals surface area (Å²) in [6, 6.07) is 8.39. The van der Waals surface area contributed by atoms with Crippen LogP contribution in [0.15, 0.2) is 24.3 Å². The van der Waals surface area contributed by atoms with Gasteiger partial charge in [0.25, 0.3) is 0 Å². The lowest BCUT2D eigenvalue weighted by molar-refractivity contribution is -0.131. The first-order valence-electron chi connectivity index (χ1n) is 9.78. The molecule has 0 bridgehead atoms. The third kappa shape index (κ3) is 3.93. The monoisotopic (exact) mass is 369 g/mol. The van der Waals surface area contributed by atoms with E-state index in [9.17, 15) is 4.79 Å². The van der Waals surface area contributed by atoms with Gasteiger partial charge in [0.2, 0.25) is 5.91 Å². The largest absolute Gasteiger partial charge is 0.381 e. The summed E-state index contributed by atoms with van der Waals surface area (Å²) in [5.74, 6) is 0.114. The van der Waals surface area contributed by atoms with E-state index in [1.54, 1.807) is 0 Å². The summed E-state index contributed by atoms with van der Waals surface area (Å²) in [6.45, 7) is 9.51. The van der Waals surface area contributed by atoms with Crippen LogP contribution < -0.4 is 5.32 Å². The second-order valence-corrected chi connectivity index (χ2v) is 7.92. The summed E-state index contributed by atoms with van der Waals surface area (Å²) in [4.78, 5) is 13.4. The fourth-order valence-electron chi connectivity index (χ4n) is 4.14. The number of amides is 1. The smallest absolute Gasteiger partial charge is 0.231 e. The lowest BCUT2D eigenvalue weighted by atomic mass is 9.73. The molecule has 0 radical (unpaired) electrons. The summed E-state index contributed by atoms with van der Waals surface area (Å²) in [7, 11) is 1.96. The number of benzene rings is 1. The van der Waals surface area contributed by atoms with Crippen LogP contribution in [0.25, 0.3) is 0 Å². The van der Waals surface area contributed by atoms with E-state index in [1.165, 1.54) is 11.1 Å². The highest BCUT2D eigenvalue weighted by Crippen LogP contribution is 2.35. The molecule has 27 heavy (non-hydrogen) atoms. The van der Waals surface area contributed by atoms with Crippen LogP contribution in [0.3, 0.4) is 0 Å². The Labute approximate surface area is 162 Å². The van der Waals surface area contributed by atoms with E-state index in [-0.39, 0.29) is 11.9 Å². The molecule has 3 rings (SSSR count). The molecule has 1 aromatic heterocycles. The number of carbonyl (C=O) groups is 1. The van der Waals surface area contributed by atoms with E-state index in [4.69, 9.17) is 4.74 Å². The van der Waals surface area contributed by atoms with Crippen molar-refractivity contribution in [1.82, 2.24) is 15.1 Å². The second kappa shape index (κ2) is 7.85. The molecule has 0 spiro atoms. The standard InChI is InChI=1S/C22H31N3O2/c1-15-7-6-8-19(13-15)22(9-11-27-12-10-22)21(26)23-16(2)14-20-17(3)24-25(5)18(20)4/h6-8,13,16H,9-12,14H2,1-5H3,(H,23,26). The summed E-state index contributed by atoms with van der Waals surface area (Å²) < 4.78 is 7.48. The third-order valence-corrected chi connectivity index (χ3v) is 5.90. The Hall–Kier alpha value is -2.14. The van der Waals surface area contributed by atoms with Gasteiger partial charge in [0.05, 0.1) is 11.1 Å². The SMILES string of the molecule is Cc1cccc(C2(C(=O)NC(C)Cc3c(C)nn(C)c3C)CCOCC2)c1. The van der Waals surface area contributed by atoms with Crippen LogP contribution in [0, 0.1) is 20.8 Å². The van der Waals surface area contributed by atoms with E-state index in [2.05, 4.69) is 49.4 Å². The first-order chi connectivity index (χ1) is 12.8. The van der Waals surface area contributed by atoms with Crippen LogP contribution in [0.1, 0.15) is 47.8 Å². The first kappa shape index (κ1) is 19.6. The molecule has 1 fully saturated rings. The Bertz CT molecular complexity index is 819. The van der Waals surface area contributed by atoms with Gasteiger partial charge in [-0.1, -0.05) is 29.8 Å². The minimum atomic E-state index is -0.502. The highest BCUT2D eigenvalue weighted by Gasteiger charge is 2.42. The molecule has 1 saturated heterocycles. The topological polar surface area (TPSA) is 56.2 Å². The van der Waals surface area contributed by atoms with Crippen LogP contribution in [-0.2, 0) is 28.4 Å². The minimum absolute atomic E-state index is 0.0450. The number of hydrogen-bond donors (Lipinski definition) is 1. The van der Waals surface area contributed by atoms with E-state index < -0.39 is 5.41 Å². The average molecular weight is 370 g/mol. The predicted molar refractivity (Wildman–Crippen MR) is 107 cm³/mol. The molecule has 0 aliphatic carbocycles. The molecule has 146 valence electrons.